The molecule has 2 atom stereocenters. The molecule has 1 rings (SSSR count). The zero-order chi connectivity index (χ0) is 13.1. The average Bonchev–Trinajstić information content (AvgIpc) is 2.64. The monoisotopic (exact) mass is 371 g/mol. The smallest absolute Gasteiger partial charge is 0.381 e. The van der Waals surface area contributed by atoms with E-state index in [0.717, 1.165) is 6.61 Å². The minimum atomic E-state index is -1.54. The van der Waals surface area contributed by atoms with E-state index in [-0.39, 0.29) is 5.84 Å². The number of hydrogen-bond acceptors (Lipinski definition) is 4. The van der Waals surface area contributed by atoms with Crippen LogP contribution in [0.25, 0.3) is 0 Å². The lowest BCUT2D eigenvalue weighted by Crippen LogP contribution is -2.45. The van der Waals surface area contributed by atoms with Gasteiger partial charge in [0.05, 0.1) is 11.5 Å². The van der Waals surface area contributed by atoms with Crippen molar-refractivity contribution < 1.29 is 9.66 Å². The van der Waals surface area contributed by atoms with Crippen molar-refractivity contribution >= 4 is 37.7 Å². The fourth-order valence-electron chi connectivity index (χ4n) is 1.60. The Labute approximate surface area is 117 Å². The lowest BCUT2D eigenvalue weighted by molar-refractivity contribution is -0.486. The molecule has 1 aliphatic heterocycles. The van der Waals surface area contributed by atoms with Crippen LogP contribution in [0.15, 0.2) is 4.99 Å². The molecule has 6 nitrogen and oxygen atoms in total. The summed E-state index contributed by atoms with van der Waals surface area (Å²) >= 11 is 5.98. The van der Waals surface area contributed by atoms with Crippen LogP contribution in [0.2, 0.25) is 0 Å². The summed E-state index contributed by atoms with van der Waals surface area (Å²) in [5.41, 5.74) is 0. The fraction of sp³-hybridized carbons (Fsp3) is 0.889. The van der Waals surface area contributed by atoms with Crippen LogP contribution in [0.1, 0.15) is 6.92 Å². The summed E-state index contributed by atoms with van der Waals surface area (Å²) in [4.78, 5) is 14.3. The molecule has 0 aromatic carbocycles. The molecule has 0 aliphatic carbocycles. The predicted molar refractivity (Wildman–Crippen MR) is 72.4 cm³/mol. The third-order valence-electron chi connectivity index (χ3n) is 2.79. The first-order chi connectivity index (χ1) is 7.89. The Balaban J connectivity index is 2.57. The van der Waals surface area contributed by atoms with Gasteiger partial charge in [-0.05, 0) is 5.92 Å². The SMILES string of the molecule is CN=C(NCC1COCC1C)C(Br)(Br)[N+](=O)[O-]. The van der Waals surface area contributed by atoms with Crippen molar-refractivity contribution in [1.29, 1.82) is 0 Å². The van der Waals surface area contributed by atoms with E-state index in [9.17, 15) is 10.1 Å². The Bertz CT molecular complexity index is 323. The maximum atomic E-state index is 10.8. The number of hydrogen-bond donors (Lipinski definition) is 1. The minimum absolute atomic E-state index is 0.251. The molecule has 17 heavy (non-hydrogen) atoms. The lowest BCUT2D eigenvalue weighted by atomic mass is 9.98. The Kier molecular flexibility index (Phi) is 5.33. The van der Waals surface area contributed by atoms with Crippen molar-refractivity contribution in [3.05, 3.63) is 10.1 Å². The number of ether oxygens (including phenoxy) is 1. The van der Waals surface area contributed by atoms with Crippen LogP contribution < -0.4 is 5.32 Å². The van der Waals surface area contributed by atoms with Gasteiger partial charge in [-0.15, -0.1) is 0 Å². The largest absolute Gasteiger partial charge is 0.382 e. The molecule has 0 amide bonds. The van der Waals surface area contributed by atoms with E-state index in [1.807, 2.05) is 0 Å². The molecule has 1 N–H and O–H groups in total. The molecule has 0 radical (unpaired) electrons. The highest BCUT2D eigenvalue weighted by molar-refractivity contribution is 9.25. The van der Waals surface area contributed by atoms with Crippen LogP contribution in [0.3, 0.4) is 0 Å². The minimum Gasteiger partial charge on any atom is -0.381 e. The van der Waals surface area contributed by atoms with Crippen molar-refractivity contribution in [2.75, 3.05) is 26.8 Å². The van der Waals surface area contributed by atoms with Crippen LogP contribution in [-0.2, 0) is 4.74 Å². The Hall–Kier alpha value is -0.210. The molecule has 1 aliphatic rings. The Morgan fingerprint density at radius 2 is 2.29 bits per heavy atom. The average molecular weight is 373 g/mol. The van der Waals surface area contributed by atoms with E-state index in [1.165, 1.54) is 7.05 Å². The molecule has 98 valence electrons. The van der Waals surface area contributed by atoms with Crippen LogP contribution in [0.5, 0.6) is 0 Å². The number of nitrogens with zero attached hydrogens (tertiary/aromatic N) is 2. The molecule has 0 spiro atoms. The Morgan fingerprint density at radius 3 is 2.71 bits per heavy atom. The number of nitrogens with one attached hydrogen (secondary N) is 1. The summed E-state index contributed by atoms with van der Waals surface area (Å²) in [6.45, 7) is 4.14. The van der Waals surface area contributed by atoms with Gasteiger partial charge < -0.3 is 10.1 Å². The number of aliphatic imine (C=N–C) groups is 1. The first-order valence-corrected chi connectivity index (χ1v) is 6.79. The van der Waals surface area contributed by atoms with E-state index in [1.54, 1.807) is 0 Å². The van der Waals surface area contributed by atoms with Crippen molar-refractivity contribution in [1.82, 2.24) is 5.32 Å². The van der Waals surface area contributed by atoms with Crippen LogP contribution in [0.4, 0.5) is 0 Å². The molecule has 0 saturated carbocycles. The second-order valence-corrected chi connectivity index (χ2v) is 7.39. The molecule has 2 unspecified atom stereocenters. The summed E-state index contributed by atoms with van der Waals surface area (Å²) in [5, 5.41) is 13.8. The van der Waals surface area contributed by atoms with Gasteiger partial charge in [0.25, 0.3) is 0 Å². The second kappa shape index (κ2) is 6.10. The molecule has 1 heterocycles. The number of amidine groups is 1. The number of nitro groups is 1. The molecule has 1 saturated heterocycles. The third-order valence-corrected chi connectivity index (χ3v) is 4.12. The van der Waals surface area contributed by atoms with Crippen LogP contribution >= 0.6 is 31.9 Å². The highest BCUT2D eigenvalue weighted by atomic mass is 79.9. The van der Waals surface area contributed by atoms with Gasteiger partial charge in [0.1, 0.15) is 0 Å². The number of alkyl halides is 2. The normalized spacial score (nSPS) is 26.0. The fourth-order valence-corrected chi connectivity index (χ4v) is 2.23. The van der Waals surface area contributed by atoms with Crippen LogP contribution in [-0.4, -0.2) is 40.9 Å². The van der Waals surface area contributed by atoms with Gasteiger partial charge in [-0.25, -0.2) is 0 Å². The molecule has 0 aromatic rings. The predicted octanol–water partition coefficient (Wildman–Crippen LogP) is 1.61. The maximum absolute atomic E-state index is 10.8. The van der Waals surface area contributed by atoms with E-state index in [4.69, 9.17) is 4.74 Å². The van der Waals surface area contributed by atoms with Gasteiger partial charge in [0, 0.05) is 58.0 Å². The first kappa shape index (κ1) is 14.8. The molecule has 0 bridgehead atoms. The van der Waals surface area contributed by atoms with Gasteiger partial charge in [-0.3, -0.25) is 15.1 Å². The van der Waals surface area contributed by atoms with Crippen molar-refractivity contribution in [2.24, 2.45) is 16.8 Å². The Morgan fingerprint density at radius 1 is 1.65 bits per heavy atom. The number of halogens is 2. The van der Waals surface area contributed by atoms with E-state index < -0.39 is 8.28 Å². The standard InChI is InChI=1S/C9H15Br2N3O3/c1-6-4-17-5-7(6)3-13-8(12-2)9(10,11)14(15)16/h6-7H,3-5H2,1-2H3,(H,12,13). The molecular formula is C9H15Br2N3O3. The zero-order valence-corrected chi connectivity index (χ0v) is 12.8. The molecule has 8 heteroatoms. The summed E-state index contributed by atoms with van der Waals surface area (Å²) in [5.74, 6) is 1.06. The molecular weight excluding hydrogens is 358 g/mol. The highest BCUT2D eigenvalue weighted by Gasteiger charge is 2.43. The zero-order valence-electron chi connectivity index (χ0n) is 9.65. The van der Waals surface area contributed by atoms with Crippen molar-refractivity contribution in [3.63, 3.8) is 0 Å². The summed E-state index contributed by atoms with van der Waals surface area (Å²) < 4.78 is 3.79. The summed E-state index contributed by atoms with van der Waals surface area (Å²) in [6, 6.07) is 0. The highest BCUT2D eigenvalue weighted by Crippen LogP contribution is 2.28. The van der Waals surface area contributed by atoms with Gasteiger partial charge in [-0.1, -0.05) is 6.92 Å². The summed E-state index contributed by atoms with van der Waals surface area (Å²) in [6.07, 6.45) is 0. The van der Waals surface area contributed by atoms with Gasteiger partial charge in [0.2, 0.25) is 0 Å². The molecule has 1 fully saturated rings. The summed E-state index contributed by atoms with van der Waals surface area (Å²) in [7, 11) is 1.51. The second-order valence-electron chi connectivity index (χ2n) is 4.03. The van der Waals surface area contributed by atoms with E-state index in [0.29, 0.717) is 25.0 Å². The van der Waals surface area contributed by atoms with Crippen LogP contribution in [0, 0.1) is 22.0 Å². The van der Waals surface area contributed by atoms with E-state index >= 15 is 0 Å². The third kappa shape index (κ3) is 3.62. The maximum Gasteiger partial charge on any atom is 0.382 e. The van der Waals surface area contributed by atoms with Gasteiger partial charge >= 0.3 is 3.36 Å². The van der Waals surface area contributed by atoms with Gasteiger partial charge in [0.15, 0.2) is 5.84 Å². The molecule has 0 aromatic heterocycles. The first-order valence-electron chi connectivity index (χ1n) is 5.20. The van der Waals surface area contributed by atoms with E-state index in [2.05, 4.69) is 49.1 Å². The number of rotatable bonds is 4. The topological polar surface area (TPSA) is 76.8 Å². The van der Waals surface area contributed by atoms with Crippen molar-refractivity contribution in [2.45, 2.75) is 10.3 Å². The van der Waals surface area contributed by atoms with Gasteiger partial charge in [-0.2, -0.15) is 0 Å². The quantitative estimate of drug-likeness (QED) is 0.203. The lowest BCUT2D eigenvalue weighted by Gasteiger charge is -2.19. The van der Waals surface area contributed by atoms with Crippen molar-refractivity contribution in [3.8, 4) is 0 Å².